The Kier molecular flexibility index (Phi) is 3.14. The number of benzene rings is 1. The Morgan fingerprint density at radius 2 is 2.27 bits per heavy atom. The lowest BCUT2D eigenvalue weighted by molar-refractivity contribution is 0.0899. The maximum absolute atomic E-state index is 10.8. The first kappa shape index (κ1) is 10.3. The summed E-state index contributed by atoms with van der Waals surface area (Å²) in [5.74, 6) is 0.117. The largest absolute Gasteiger partial charge is 0.388 e. The number of carbonyl (C=O) groups is 1. The summed E-state index contributed by atoms with van der Waals surface area (Å²) >= 11 is 0. The molecule has 0 aromatic heterocycles. The quantitative estimate of drug-likeness (QED) is 0.763. The van der Waals surface area contributed by atoms with E-state index in [1.807, 2.05) is 6.07 Å². The highest BCUT2D eigenvalue weighted by molar-refractivity contribution is 5.77. The minimum absolute atomic E-state index is 0.117. The smallest absolute Gasteiger partial charge is 0.150 e. The van der Waals surface area contributed by atoms with Gasteiger partial charge in [0.15, 0.2) is 0 Å². The summed E-state index contributed by atoms with van der Waals surface area (Å²) in [4.78, 5) is 10.8. The molecule has 0 bridgehead atoms. The van der Waals surface area contributed by atoms with Crippen molar-refractivity contribution in [3.05, 3.63) is 35.4 Å². The van der Waals surface area contributed by atoms with E-state index < -0.39 is 6.10 Å². The van der Waals surface area contributed by atoms with Gasteiger partial charge in [-0.05, 0) is 12.0 Å². The zero-order valence-electron chi connectivity index (χ0n) is 8.43. The van der Waals surface area contributed by atoms with E-state index in [0.29, 0.717) is 24.3 Å². The summed E-state index contributed by atoms with van der Waals surface area (Å²) in [6, 6.07) is 7.15. The highest BCUT2D eigenvalue weighted by Gasteiger charge is 2.26. The molecule has 80 valence electrons. The van der Waals surface area contributed by atoms with Gasteiger partial charge in [-0.15, -0.1) is 0 Å². The molecule has 1 aromatic carbocycles. The number of aliphatic hydroxyl groups is 1. The molecule has 0 radical (unpaired) electrons. The molecule has 1 aliphatic heterocycles. The molecule has 3 heteroatoms. The van der Waals surface area contributed by atoms with E-state index in [4.69, 9.17) is 4.74 Å². The molecule has 0 amide bonds. The van der Waals surface area contributed by atoms with Gasteiger partial charge in [-0.3, -0.25) is 4.79 Å². The minimum atomic E-state index is -0.589. The average molecular weight is 206 g/mol. The van der Waals surface area contributed by atoms with E-state index in [0.717, 1.165) is 12.7 Å². The first-order chi connectivity index (χ1) is 7.33. The molecule has 0 saturated carbocycles. The van der Waals surface area contributed by atoms with Crippen molar-refractivity contribution in [2.75, 3.05) is 13.2 Å². The van der Waals surface area contributed by atoms with Crippen molar-refractivity contribution in [3.63, 3.8) is 0 Å². The number of hydrogen-bond donors (Lipinski definition) is 1. The predicted molar refractivity (Wildman–Crippen MR) is 55.7 cm³/mol. The molecule has 1 aliphatic rings. The summed E-state index contributed by atoms with van der Waals surface area (Å²) in [6.07, 6.45) is 1.05. The molecule has 0 spiro atoms. The lowest BCUT2D eigenvalue weighted by atomic mass is 9.92. The molecule has 2 rings (SSSR count). The second-order valence-corrected chi connectivity index (χ2v) is 3.82. The number of carbonyl (C=O) groups excluding carboxylic acids is 1. The molecular formula is C12H14O3. The lowest BCUT2D eigenvalue weighted by Gasteiger charge is -2.18. The number of aliphatic hydroxyl groups excluding tert-OH is 1. The van der Waals surface area contributed by atoms with Crippen LogP contribution in [0.15, 0.2) is 24.3 Å². The Bertz CT molecular complexity index is 342. The fraction of sp³-hybridized carbons (Fsp3) is 0.417. The van der Waals surface area contributed by atoms with Crippen molar-refractivity contribution in [2.24, 2.45) is 5.92 Å². The number of rotatable bonds is 3. The van der Waals surface area contributed by atoms with Crippen molar-refractivity contribution < 1.29 is 14.6 Å². The third-order valence-corrected chi connectivity index (χ3v) is 2.85. The van der Waals surface area contributed by atoms with Gasteiger partial charge in [-0.1, -0.05) is 24.3 Å². The van der Waals surface area contributed by atoms with E-state index in [1.54, 1.807) is 18.2 Å². The molecule has 2 unspecified atom stereocenters. The van der Waals surface area contributed by atoms with E-state index in [2.05, 4.69) is 0 Å². The van der Waals surface area contributed by atoms with Crippen LogP contribution in [0, 0.1) is 5.92 Å². The lowest BCUT2D eigenvalue weighted by Crippen LogP contribution is -2.14. The Morgan fingerprint density at radius 3 is 2.93 bits per heavy atom. The predicted octanol–water partition coefficient (Wildman–Crippen LogP) is 1.57. The van der Waals surface area contributed by atoms with Crippen LogP contribution in [0.25, 0.3) is 0 Å². The maximum atomic E-state index is 10.8. The Hall–Kier alpha value is -1.19. The van der Waals surface area contributed by atoms with Crippen molar-refractivity contribution in [1.82, 2.24) is 0 Å². The third kappa shape index (κ3) is 2.08. The van der Waals surface area contributed by atoms with Crippen molar-refractivity contribution in [3.8, 4) is 0 Å². The Labute approximate surface area is 88.7 Å². The summed E-state index contributed by atoms with van der Waals surface area (Å²) in [5, 5.41) is 10.1. The molecule has 1 heterocycles. The molecule has 0 aliphatic carbocycles. The molecule has 2 atom stereocenters. The summed E-state index contributed by atoms with van der Waals surface area (Å²) in [5.41, 5.74) is 1.28. The van der Waals surface area contributed by atoms with Crippen LogP contribution in [0.1, 0.15) is 28.4 Å². The SMILES string of the molecule is O=Cc1ccccc1C(O)C1CCOC1. The van der Waals surface area contributed by atoms with Crippen molar-refractivity contribution in [1.29, 1.82) is 0 Å². The van der Waals surface area contributed by atoms with Crippen LogP contribution in [0.2, 0.25) is 0 Å². The van der Waals surface area contributed by atoms with Gasteiger partial charge in [0.2, 0.25) is 0 Å². The van der Waals surface area contributed by atoms with Gasteiger partial charge in [-0.2, -0.15) is 0 Å². The summed E-state index contributed by atoms with van der Waals surface area (Å²) < 4.78 is 5.22. The molecule has 15 heavy (non-hydrogen) atoms. The van der Waals surface area contributed by atoms with Crippen LogP contribution < -0.4 is 0 Å². The fourth-order valence-electron chi connectivity index (χ4n) is 1.94. The highest BCUT2D eigenvalue weighted by atomic mass is 16.5. The highest BCUT2D eigenvalue weighted by Crippen LogP contribution is 2.29. The van der Waals surface area contributed by atoms with E-state index in [-0.39, 0.29) is 5.92 Å². The van der Waals surface area contributed by atoms with Crippen LogP contribution in [-0.2, 0) is 4.74 Å². The van der Waals surface area contributed by atoms with E-state index >= 15 is 0 Å². The number of aldehydes is 1. The van der Waals surface area contributed by atoms with E-state index in [1.165, 1.54) is 0 Å². The van der Waals surface area contributed by atoms with Crippen LogP contribution >= 0.6 is 0 Å². The third-order valence-electron chi connectivity index (χ3n) is 2.85. The van der Waals surface area contributed by atoms with Gasteiger partial charge in [0.1, 0.15) is 6.29 Å². The number of ether oxygens (including phenoxy) is 1. The average Bonchev–Trinajstić information content (AvgIpc) is 2.81. The van der Waals surface area contributed by atoms with Gasteiger partial charge in [0.25, 0.3) is 0 Å². The summed E-state index contributed by atoms with van der Waals surface area (Å²) in [6.45, 7) is 1.28. The maximum Gasteiger partial charge on any atom is 0.150 e. The molecule has 1 aromatic rings. The van der Waals surface area contributed by atoms with Gasteiger partial charge in [-0.25, -0.2) is 0 Å². The molecule has 1 fully saturated rings. The van der Waals surface area contributed by atoms with Gasteiger partial charge in [0, 0.05) is 18.1 Å². The molecule has 1 saturated heterocycles. The van der Waals surface area contributed by atoms with Crippen molar-refractivity contribution >= 4 is 6.29 Å². The Morgan fingerprint density at radius 1 is 1.47 bits per heavy atom. The van der Waals surface area contributed by atoms with Crippen LogP contribution in [0.3, 0.4) is 0 Å². The molecule has 1 N–H and O–H groups in total. The second-order valence-electron chi connectivity index (χ2n) is 3.82. The summed E-state index contributed by atoms with van der Waals surface area (Å²) in [7, 11) is 0. The zero-order valence-corrected chi connectivity index (χ0v) is 8.43. The molecule has 3 nitrogen and oxygen atoms in total. The van der Waals surface area contributed by atoms with Gasteiger partial charge in [0.05, 0.1) is 12.7 Å². The first-order valence-corrected chi connectivity index (χ1v) is 5.13. The molecular weight excluding hydrogens is 192 g/mol. The van der Waals surface area contributed by atoms with Gasteiger partial charge >= 0.3 is 0 Å². The first-order valence-electron chi connectivity index (χ1n) is 5.13. The van der Waals surface area contributed by atoms with Gasteiger partial charge < -0.3 is 9.84 Å². The Balaban J connectivity index is 2.23. The van der Waals surface area contributed by atoms with Crippen LogP contribution in [0.4, 0.5) is 0 Å². The normalized spacial score (nSPS) is 22.6. The topological polar surface area (TPSA) is 46.5 Å². The fourth-order valence-corrected chi connectivity index (χ4v) is 1.94. The monoisotopic (exact) mass is 206 g/mol. The van der Waals surface area contributed by atoms with E-state index in [9.17, 15) is 9.90 Å². The van der Waals surface area contributed by atoms with Crippen molar-refractivity contribution in [2.45, 2.75) is 12.5 Å². The second kappa shape index (κ2) is 4.55. The van der Waals surface area contributed by atoms with Crippen LogP contribution in [0.5, 0.6) is 0 Å². The van der Waals surface area contributed by atoms with Crippen LogP contribution in [-0.4, -0.2) is 24.6 Å². The minimum Gasteiger partial charge on any atom is -0.388 e. The standard InChI is InChI=1S/C12H14O3/c13-7-9-3-1-2-4-11(9)12(14)10-5-6-15-8-10/h1-4,7,10,12,14H,5-6,8H2. The zero-order chi connectivity index (χ0) is 10.7. The number of hydrogen-bond acceptors (Lipinski definition) is 3.